The molecule has 0 unspecified atom stereocenters. The topological polar surface area (TPSA) is 25.8 Å². The molecule has 0 amide bonds. The smallest absolute Gasteiger partial charge is 0.130 e. The van der Waals surface area contributed by atoms with Gasteiger partial charge in [-0.25, -0.2) is 0 Å². The van der Waals surface area contributed by atoms with Crippen LogP contribution in [0.5, 0.6) is 0 Å². The van der Waals surface area contributed by atoms with Crippen LogP contribution in [0, 0.1) is 0 Å². The molecule has 2 aromatic rings. The predicted molar refractivity (Wildman–Crippen MR) is 76.9 cm³/mol. The first kappa shape index (κ1) is 13.1. The summed E-state index contributed by atoms with van der Waals surface area (Å²) in [6, 6.07) is 8.64. The van der Waals surface area contributed by atoms with E-state index in [0.29, 0.717) is 0 Å². The molecule has 0 saturated heterocycles. The third-order valence-electron chi connectivity index (χ3n) is 2.31. The van der Waals surface area contributed by atoms with E-state index in [0.717, 1.165) is 8.26 Å². The fourth-order valence-electron chi connectivity index (χ4n) is 1.36. The van der Waals surface area contributed by atoms with Crippen LogP contribution in [-0.4, -0.2) is 10.2 Å². The number of halogens is 1. The van der Waals surface area contributed by atoms with Gasteiger partial charge in [0.25, 0.3) is 0 Å². The summed E-state index contributed by atoms with van der Waals surface area (Å²) in [5.41, 5.74) is 1.55. The molecule has 0 atom stereocenters. The molecule has 0 aliphatic carbocycles. The van der Waals surface area contributed by atoms with Crippen LogP contribution in [0.2, 0.25) is 0 Å². The van der Waals surface area contributed by atoms with Gasteiger partial charge in [0.15, 0.2) is 8.26 Å². The van der Waals surface area contributed by atoms with Gasteiger partial charge in [-0.2, -0.15) is 0 Å². The van der Waals surface area contributed by atoms with Crippen LogP contribution in [-0.2, 0) is 5.41 Å². The Kier molecular flexibility index (Phi) is 3.90. The number of hydrogen-bond acceptors (Lipinski definition) is 4. The molecular weight excluding hydrogens is 316 g/mol. The summed E-state index contributed by atoms with van der Waals surface area (Å²) < 4.78 is 1.78. The summed E-state index contributed by atoms with van der Waals surface area (Å²) in [5.74, 6) is 0. The van der Waals surface area contributed by atoms with Gasteiger partial charge in [-0.05, 0) is 39.0 Å². The second kappa shape index (κ2) is 5.08. The van der Waals surface area contributed by atoms with Crippen molar-refractivity contribution in [2.45, 2.75) is 35.4 Å². The highest BCUT2D eigenvalue weighted by molar-refractivity contribution is 9.11. The predicted octanol–water partition coefficient (Wildman–Crippen LogP) is 4.75. The van der Waals surface area contributed by atoms with Gasteiger partial charge >= 0.3 is 0 Å². The molecule has 0 N–H and O–H groups in total. The van der Waals surface area contributed by atoms with Gasteiger partial charge in [0.05, 0.1) is 0 Å². The second-order valence-corrected chi connectivity index (χ2v) is 8.27. The summed E-state index contributed by atoms with van der Waals surface area (Å²) in [7, 11) is 0. The van der Waals surface area contributed by atoms with E-state index in [2.05, 4.69) is 71.2 Å². The normalized spacial score (nSPS) is 11.8. The van der Waals surface area contributed by atoms with Gasteiger partial charge in [-0.3, -0.25) is 0 Å². The summed E-state index contributed by atoms with van der Waals surface area (Å²) in [6.45, 7) is 6.66. The molecule has 0 fully saturated rings. The second-order valence-electron chi connectivity index (χ2n) is 4.70. The Morgan fingerprint density at radius 2 is 1.76 bits per heavy atom. The molecule has 0 saturated carbocycles. The highest BCUT2D eigenvalue weighted by Crippen LogP contribution is 2.33. The molecule has 5 heteroatoms. The first-order chi connectivity index (χ1) is 7.95. The molecule has 2 nitrogen and oxygen atoms in total. The molecule has 0 radical (unpaired) electrons. The van der Waals surface area contributed by atoms with Crippen LogP contribution in [0.25, 0.3) is 0 Å². The Hall–Kier alpha value is -0.390. The summed E-state index contributed by atoms with van der Waals surface area (Å²) >= 11 is 6.51. The van der Waals surface area contributed by atoms with Crippen molar-refractivity contribution in [1.29, 1.82) is 0 Å². The molecule has 1 aromatic heterocycles. The molecule has 0 aliphatic rings. The van der Waals surface area contributed by atoms with Crippen LogP contribution >= 0.6 is 39.0 Å². The zero-order valence-corrected chi connectivity index (χ0v) is 13.1. The highest BCUT2D eigenvalue weighted by atomic mass is 79.9. The molecular formula is C12H13BrN2S2. The van der Waals surface area contributed by atoms with Crippen molar-refractivity contribution in [1.82, 2.24) is 10.2 Å². The third kappa shape index (κ3) is 3.53. The van der Waals surface area contributed by atoms with Gasteiger partial charge in [-0.1, -0.05) is 56.0 Å². The van der Waals surface area contributed by atoms with E-state index in [-0.39, 0.29) is 5.41 Å². The maximum absolute atomic E-state index is 4.07. The van der Waals surface area contributed by atoms with Gasteiger partial charge in [0.1, 0.15) is 0 Å². The summed E-state index contributed by atoms with van der Waals surface area (Å²) in [4.78, 5) is 1.20. The minimum atomic E-state index is 0.203. The molecule has 0 spiro atoms. The van der Waals surface area contributed by atoms with Crippen LogP contribution in [0.4, 0.5) is 0 Å². The highest BCUT2D eigenvalue weighted by Gasteiger charge is 2.13. The lowest BCUT2D eigenvalue weighted by molar-refractivity contribution is 0.590. The minimum absolute atomic E-state index is 0.203. The fourth-order valence-corrected chi connectivity index (χ4v) is 3.77. The maximum Gasteiger partial charge on any atom is 0.184 e. The van der Waals surface area contributed by atoms with Crippen molar-refractivity contribution in [3.63, 3.8) is 0 Å². The quantitative estimate of drug-likeness (QED) is 0.795. The van der Waals surface area contributed by atoms with Crippen LogP contribution < -0.4 is 0 Å². The van der Waals surface area contributed by atoms with Crippen molar-refractivity contribution in [2.24, 2.45) is 0 Å². The Labute approximate surface area is 118 Å². The van der Waals surface area contributed by atoms with Crippen molar-refractivity contribution in [2.75, 3.05) is 0 Å². The monoisotopic (exact) mass is 328 g/mol. The standard InChI is InChI=1S/C12H13BrN2S2/c1-12(2,3)8-4-6-9(7-5-8)16-11-15-14-10(13)17-11/h4-7H,1-3H3. The fraction of sp³-hybridized carbons (Fsp3) is 0.333. The van der Waals surface area contributed by atoms with E-state index in [1.165, 1.54) is 10.5 Å². The number of rotatable bonds is 2. The lowest BCUT2D eigenvalue weighted by Crippen LogP contribution is -2.10. The minimum Gasteiger partial charge on any atom is -0.130 e. The van der Waals surface area contributed by atoms with Gasteiger partial charge in [0.2, 0.25) is 0 Å². The van der Waals surface area contributed by atoms with E-state index in [1.54, 1.807) is 23.1 Å². The zero-order chi connectivity index (χ0) is 12.5. The largest absolute Gasteiger partial charge is 0.184 e. The Balaban J connectivity index is 2.13. The number of benzene rings is 1. The van der Waals surface area contributed by atoms with E-state index < -0.39 is 0 Å². The number of nitrogens with zero attached hydrogens (tertiary/aromatic N) is 2. The SMILES string of the molecule is CC(C)(C)c1ccc(Sc2nnc(Br)s2)cc1. The molecule has 90 valence electrons. The van der Waals surface area contributed by atoms with E-state index in [4.69, 9.17) is 0 Å². The van der Waals surface area contributed by atoms with E-state index in [1.807, 2.05) is 0 Å². The third-order valence-corrected chi connectivity index (χ3v) is 4.72. The van der Waals surface area contributed by atoms with Crippen LogP contribution in [0.1, 0.15) is 26.3 Å². The lowest BCUT2D eigenvalue weighted by Gasteiger charge is -2.18. The molecule has 17 heavy (non-hydrogen) atoms. The lowest BCUT2D eigenvalue weighted by atomic mass is 9.87. The maximum atomic E-state index is 4.07. The molecule has 1 aromatic carbocycles. The summed E-state index contributed by atoms with van der Waals surface area (Å²) in [5, 5.41) is 8.00. The number of aromatic nitrogens is 2. The first-order valence-electron chi connectivity index (χ1n) is 5.22. The van der Waals surface area contributed by atoms with E-state index in [9.17, 15) is 0 Å². The van der Waals surface area contributed by atoms with Crippen LogP contribution in [0.3, 0.4) is 0 Å². The first-order valence-corrected chi connectivity index (χ1v) is 7.65. The Bertz CT molecular complexity index is 500. The zero-order valence-electron chi connectivity index (χ0n) is 9.90. The van der Waals surface area contributed by atoms with Crippen LogP contribution in [0.15, 0.2) is 37.4 Å². The van der Waals surface area contributed by atoms with Gasteiger partial charge < -0.3 is 0 Å². The average molecular weight is 329 g/mol. The summed E-state index contributed by atoms with van der Waals surface area (Å²) in [6.07, 6.45) is 0. The molecule has 0 aliphatic heterocycles. The van der Waals surface area contributed by atoms with Crippen molar-refractivity contribution < 1.29 is 0 Å². The molecule has 2 rings (SSSR count). The Morgan fingerprint density at radius 3 is 2.24 bits per heavy atom. The number of hydrogen-bond donors (Lipinski definition) is 0. The average Bonchev–Trinajstić information content (AvgIpc) is 2.63. The van der Waals surface area contributed by atoms with Gasteiger partial charge in [0, 0.05) is 4.90 Å². The molecule has 1 heterocycles. The van der Waals surface area contributed by atoms with Crippen molar-refractivity contribution >= 4 is 39.0 Å². The Morgan fingerprint density at radius 1 is 1.12 bits per heavy atom. The van der Waals surface area contributed by atoms with Crippen molar-refractivity contribution in [3.05, 3.63) is 33.7 Å². The molecule has 0 bridgehead atoms. The van der Waals surface area contributed by atoms with Gasteiger partial charge in [-0.15, -0.1) is 10.2 Å². The van der Waals surface area contributed by atoms with E-state index >= 15 is 0 Å². The van der Waals surface area contributed by atoms with Crippen molar-refractivity contribution in [3.8, 4) is 0 Å².